The number of amides is 1. The van der Waals surface area contributed by atoms with Gasteiger partial charge in [-0.1, -0.05) is 6.92 Å². The highest BCUT2D eigenvalue weighted by Crippen LogP contribution is 2.34. The molecule has 0 saturated heterocycles. The molecule has 74 valence electrons. The highest BCUT2D eigenvalue weighted by atomic mass is 32.2. The number of fused-ring (bicyclic) bond motifs is 1. The lowest BCUT2D eigenvalue weighted by molar-refractivity contribution is -0.116. The van der Waals surface area contributed by atoms with Crippen molar-refractivity contribution in [2.24, 2.45) is 0 Å². The van der Waals surface area contributed by atoms with E-state index in [1.54, 1.807) is 18.0 Å². The van der Waals surface area contributed by atoms with E-state index in [4.69, 9.17) is 0 Å². The van der Waals surface area contributed by atoms with E-state index < -0.39 is 0 Å². The van der Waals surface area contributed by atoms with E-state index in [0.29, 0.717) is 11.7 Å². The minimum absolute atomic E-state index is 0.0832. The summed E-state index contributed by atoms with van der Waals surface area (Å²) in [4.78, 5) is 15.7. The summed E-state index contributed by atoms with van der Waals surface area (Å²) in [7, 11) is 0. The molecule has 3 nitrogen and oxygen atoms in total. The van der Waals surface area contributed by atoms with Gasteiger partial charge in [0.05, 0.1) is 5.69 Å². The highest BCUT2D eigenvalue weighted by molar-refractivity contribution is 8.00. The van der Waals surface area contributed by atoms with Crippen molar-refractivity contribution >= 4 is 23.4 Å². The molecule has 1 amide bonds. The van der Waals surface area contributed by atoms with Crippen LogP contribution in [0.15, 0.2) is 17.3 Å². The van der Waals surface area contributed by atoms with Crippen molar-refractivity contribution in [1.29, 1.82) is 0 Å². The average molecular weight is 208 g/mol. The number of hydrogen-bond acceptors (Lipinski definition) is 3. The van der Waals surface area contributed by atoms with Crippen molar-refractivity contribution in [3.63, 3.8) is 0 Å². The first kappa shape index (κ1) is 9.52. The first-order valence-electron chi connectivity index (χ1n) is 4.59. The minimum atomic E-state index is 0.0832. The van der Waals surface area contributed by atoms with Crippen LogP contribution in [0, 0.1) is 6.92 Å². The molecule has 2 heterocycles. The predicted molar refractivity (Wildman–Crippen MR) is 57.5 cm³/mol. The normalized spacial score (nSPS) is 21.0. The van der Waals surface area contributed by atoms with Crippen LogP contribution in [-0.2, 0) is 4.79 Å². The number of nitrogens with zero attached hydrogens (tertiary/aromatic N) is 1. The summed E-state index contributed by atoms with van der Waals surface area (Å²) in [5.74, 6) is 0.0832. The van der Waals surface area contributed by atoms with E-state index in [1.807, 2.05) is 19.9 Å². The molecule has 0 aromatic carbocycles. The number of thioether (sulfide) groups is 1. The molecule has 4 heteroatoms. The second-order valence-electron chi connectivity index (χ2n) is 3.49. The number of aromatic nitrogens is 1. The predicted octanol–water partition coefficient (Wildman–Crippen LogP) is 2.21. The van der Waals surface area contributed by atoms with E-state index in [-0.39, 0.29) is 5.91 Å². The number of anilines is 1. The molecule has 1 unspecified atom stereocenters. The quantitative estimate of drug-likeness (QED) is 0.710. The number of aryl methyl sites for hydroxylation is 1. The maximum absolute atomic E-state index is 11.5. The third-order valence-electron chi connectivity index (χ3n) is 2.17. The van der Waals surface area contributed by atoms with Gasteiger partial charge < -0.3 is 5.32 Å². The Labute approximate surface area is 87.3 Å². The standard InChI is InChI=1S/C10H12N2OS/c1-6-3-4-11-10-9(6)12-8(13)5-7(2)14-10/h3-4,7H,5H2,1-2H3,(H,12,13). The number of carbonyl (C=O) groups excluding carboxylic acids is 1. The smallest absolute Gasteiger partial charge is 0.225 e. The topological polar surface area (TPSA) is 42.0 Å². The Balaban J connectivity index is 2.46. The van der Waals surface area contributed by atoms with Gasteiger partial charge in [0.15, 0.2) is 0 Å². The fourth-order valence-electron chi connectivity index (χ4n) is 1.46. The molecule has 0 spiro atoms. The molecule has 14 heavy (non-hydrogen) atoms. The Morgan fingerprint density at radius 1 is 1.64 bits per heavy atom. The van der Waals surface area contributed by atoms with Crippen molar-refractivity contribution in [2.45, 2.75) is 30.5 Å². The van der Waals surface area contributed by atoms with Crippen LogP contribution in [0.5, 0.6) is 0 Å². The number of pyridine rings is 1. The Kier molecular flexibility index (Phi) is 2.46. The molecule has 0 saturated carbocycles. The first-order chi connectivity index (χ1) is 6.66. The summed E-state index contributed by atoms with van der Waals surface area (Å²) in [6.45, 7) is 4.03. The van der Waals surface area contributed by atoms with Gasteiger partial charge in [-0.2, -0.15) is 0 Å². The summed E-state index contributed by atoms with van der Waals surface area (Å²) in [6.07, 6.45) is 2.34. The molecule has 0 radical (unpaired) electrons. The molecule has 2 rings (SSSR count). The lowest BCUT2D eigenvalue weighted by Gasteiger charge is -2.07. The second-order valence-corrected chi connectivity index (χ2v) is 4.92. The van der Waals surface area contributed by atoms with Crippen LogP contribution in [0.2, 0.25) is 0 Å². The Bertz CT molecular complexity index is 378. The summed E-state index contributed by atoms with van der Waals surface area (Å²) >= 11 is 1.66. The van der Waals surface area contributed by atoms with Crippen molar-refractivity contribution in [3.8, 4) is 0 Å². The maximum atomic E-state index is 11.5. The Morgan fingerprint density at radius 2 is 2.43 bits per heavy atom. The monoisotopic (exact) mass is 208 g/mol. The van der Waals surface area contributed by atoms with E-state index in [9.17, 15) is 4.79 Å². The molecule has 0 bridgehead atoms. The zero-order valence-corrected chi connectivity index (χ0v) is 9.02. The highest BCUT2D eigenvalue weighted by Gasteiger charge is 2.20. The molecular weight excluding hydrogens is 196 g/mol. The van der Waals surface area contributed by atoms with Gasteiger partial charge in [-0.05, 0) is 18.6 Å². The molecular formula is C10H12N2OS. The SMILES string of the molecule is Cc1ccnc2c1NC(=O)CC(C)S2. The fraction of sp³-hybridized carbons (Fsp3) is 0.400. The summed E-state index contributed by atoms with van der Waals surface area (Å²) in [6, 6.07) is 1.91. The first-order valence-corrected chi connectivity index (χ1v) is 5.47. The van der Waals surface area contributed by atoms with Crippen LogP contribution >= 0.6 is 11.8 Å². The van der Waals surface area contributed by atoms with Gasteiger partial charge in [-0.15, -0.1) is 11.8 Å². The van der Waals surface area contributed by atoms with Crippen LogP contribution in [0.25, 0.3) is 0 Å². The van der Waals surface area contributed by atoms with Crippen molar-refractivity contribution in [1.82, 2.24) is 4.98 Å². The van der Waals surface area contributed by atoms with Crippen LogP contribution in [0.3, 0.4) is 0 Å². The maximum Gasteiger partial charge on any atom is 0.225 e. The van der Waals surface area contributed by atoms with Gasteiger partial charge in [-0.3, -0.25) is 4.79 Å². The minimum Gasteiger partial charge on any atom is -0.324 e. The van der Waals surface area contributed by atoms with Crippen molar-refractivity contribution < 1.29 is 4.79 Å². The molecule has 0 fully saturated rings. The third-order valence-corrected chi connectivity index (χ3v) is 3.28. The van der Waals surface area contributed by atoms with E-state index in [1.165, 1.54) is 0 Å². The van der Waals surface area contributed by atoms with Crippen LogP contribution in [0.4, 0.5) is 5.69 Å². The molecule has 1 aromatic rings. The largest absolute Gasteiger partial charge is 0.324 e. The molecule has 1 aromatic heterocycles. The summed E-state index contributed by atoms with van der Waals surface area (Å²) < 4.78 is 0. The Morgan fingerprint density at radius 3 is 3.21 bits per heavy atom. The third kappa shape index (κ3) is 1.75. The molecule has 1 aliphatic heterocycles. The summed E-state index contributed by atoms with van der Waals surface area (Å²) in [5, 5.41) is 4.13. The lowest BCUT2D eigenvalue weighted by Crippen LogP contribution is -2.13. The van der Waals surface area contributed by atoms with Gasteiger partial charge in [0, 0.05) is 17.9 Å². The van der Waals surface area contributed by atoms with Crippen molar-refractivity contribution in [2.75, 3.05) is 5.32 Å². The van der Waals surface area contributed by atoms with Crippen LogP contribution < -0.4 is 5.32 Å². The number of nitrogens with one attached hydrogen (secondary N) is 1. The van der Waals surface area contributed by atoms with Crippen LogP contribution in [0.1, 0.15) is 18.9 Å². The zero-order chi connectivity index (χ0) is 10.1. The van der Waals surface area contributed by atoms with Gasteiger partial charge in [0.25, 0.3) is 0 Å². The summed E-state index contributed by atoms with van der Waals surface area (Å²) in [5.41, 5.74) is 1.96. The van der Waals surface area contributed by atoms with Gasteiger partial charge >= 0.3 is 0 Å². The van der Waals surface area contributed by atoms with Crippen LogP contribution in [-0.4, -0.2) is 16.1 Å². The molecule has 0 aliphatic carbocycles. The number of hydrogen-bond donors (Lipinski definition) is 1. The second kappa shape index (κ2) is 3.61. The molecule has 1 aliphatic rings. The molecule has 1 N–H and O–H groups in total. The fourth-order valence-corrected chi connectivity index (χ4v) is 2.53. The average Bonchev–Trinajstić information content (AvgIpc) is 2.23. The van der Waals surface area contributed by atoms with Gasteiger partial charge in [-0.25, -0.2) is 4.98 Å². The van der Waals surface area contributed by atoms with Gasteiger partial charge in [0.1, 0.15) is 5.03 Å². The van der Waals surface area contributed by atoms with E-state index in [0.717, 1.165) is 16.3 Å². The van der Waals surface area contributed by atoms with E-state index >= 15 is 0 Å². The molecule has 1 atom stereocenters. The van der Waals surface area contributed by atoms with Gasteiger partial charge in [0.2, 0.25) is 5.91 Å². The lowest BCUT2D eigenvalue weighted by atomic mass is 10.2. The Hall–Kier alpha value is -1.03. The number of carbonyl (C=O) groups is 1. The van der Waals surface area contributed by atoms with Crippen molar-refractivity contribution in [3.05, 3.63) is 17.8 Å². The van der Waals surface area contributed by atoms with E-state index in [2.05, 4.69) is 10.3 Å². The number of rotatable bonds is 0. The zero-order valence-electron chi connectivity index (χ0n) is 8.20.